The number of nitrogens with zero attached hydrogens (tertiary/aromatic N) is 4. The van der Waals surface area contributed by atoms with Gasteiger partial charge in [-0.1, -0.05) is 25.2 Å². The number of nitriles is 1. The Balaban J connectivity index is 1.96. The zero-order valence-electron chi connectivity index (χ0n) is 13.2. The SMILES string of the molecule is CCCOc1ccc(-c2nc3sc(CCC)nn3c2C#N)cc1. The summed E-state index contributed by atoms with van der Waals surface area (Å²) in [6, 6.07) is 9.93. The van der Waals surface area contributed by atoms with Crippen LogP contribution in [0.3, 0.4) is 0 Å². The van der Waals surface area contributed by atoms with E-state index in [9.17, 15) is 5.26 Å². The van der Waals surface area contributed by atoms with Gasteiger partial charge < -0.3 is 4.74 Å². The van der Waals surface area contributed by atoms with Crippen LogP contribution in [-0.4, -0.2) is 21.2 Å². The number of aryl methyl sites for hydroxylation is 1. The number of hydrogen-bond acceptors (Lipinski definition) is 5. The molecule has 2 heterocycles. The van der Waals surface area contributed by atoms with Crippen LogP contribution in [0, 0.1) is 11.3 Å². The lowest BCUT2D eigenvalue weighted by Crippen LogP contribution is -1.95. The fourth-order valence-corrected chi connectivity index (χ4v) is 3.33. The van der Waals surface area contributed by atoms with Gasteiger partial charge >= 0.3 is 0 Å². The zero-order valence-corrected chi connectivity index (χ0v) is 14.1. The van der Waals surface area contributed by atoms with E-state index in [1.165, 1.54) is 0 Å². The van der Waals surface area contributed by atoms with E-state index in [4.69, 9.17) is 4.74 Å². The fraction of sp³-hybridized carbons (Fsp3) is 0.353. The van der Waals surface area contributed by atoms with E-state index >= 15 is 0 Å². The van der Waals surface area contributed by atoms with Crippen molar-refractivity contribution in [2.45, 2.75) is 33.1 Å². The van der Waals surface area contributed by atoms with E-state index in [0.29, 0.717) is 18.0 Å². The topological polar surface area (TPSA) is 63.2 Å². The normalized spacial score (nSPS) is 10.8. The quantitative estimate of drug-likeness (QED) is 0.685. The van der Waals surface area contributed by atoms with E-state index in [1.807, 2.05) is 24.3 Å². The molecule has 0 atom stereocenters. The van der Waals surface area contributed by atoms with Gasteiger partial charge in [0.2, 0.25) is 4.96 Å². The third-order valence-electron chi connectivity index (χ3n) is 3.42. The van der Waals surface area contributed by atoms with Crippen LogP contribution in [0.5, 0.6) is 5.75 Å². The first-order chi connectivity index (χ1) is 11.3. The number of imidazole rings is 1. The Kier molecular flexibility index (Phi) is 4.58. The van der Waals surface area contributed by atoms with Crippen LogP contribution < -0.4 is 4.74 Å². The van der Waals surface area contributed by atoms with Crippen LogP contribution in [0.1, 0.15) is 37.4 Å². The van der Waals surface area contributed by atoms with Crippen molar-refractivity contribution in [1.82, 2.24) is 14.6 Å². The van der Waals surface area contributed by atoms with Crippen molar-refractivity contribution in [3.05, 3.63) is 35.0 Å². The molecule has 0 amide bonds. The first kappa shape index (κ1) is 15.5. The van der Waals surface area contributed by atoms with Gasteiger partial charge in [0.05, 0.1) is 6.61 Å². The van der Waals surface area contributed by atoms with Crippen molar-refractivity contribution < 1.29 is 4.74 Å². The summed E-state index contributed by atoms with van der Waals surface area (Å²) in [5, 5.41) is 15.0. The molecule has 0 aliphatic heterocycles. The van der Waals surface area contributed by atoms with Gasteiger partial charge in [-0.25, -0.2) is 4.98 Å². The van der Waals surface area contributed by atoms with Crippen molar-refractivity contribution in [3.8, 4) is 23.1 Å². The van der Waals surface area contributed by atoms with Crippen LogP contribution >= 0.6 is 11.3 Å². The molecule has 5 nitrogen and oxygen atoms in total. The number of benzene rings is 1. The lowest BCUT2D eigenvalue weighted by atomic mass is 10.1. The second kappa shape index (κ2) is 6.80. The second-order valence-electron chi connectivity index (χ2n) is 5.23. The maximum Gasteiger partial charge on any atom is 0.214 e. The van der Waals surface area contributed by atoms with Gasteiger partial charge in [-0.3, -0.25) is 0 Å². The zero-order chi connectivity index (χ0) is 16.2. The van der Waals surface area contributed by atoms with E-state index < -0.39 is 0 Å². The molecule has 118 valence electrons. The second-order valence-corrected chi connectivity index (χ2v) is 6.27. The monoisotopic (exact) mass is 326 g/mol. The molecule has 0 bridgehead atoms. The largest absolute Gasteiger partial charge is 0.494 e. The molecule has 0 aliphatic rings. The third-order valence-corrected chi connectivity index (χ3v) is 4.38. The summed E-state index contributed by atoms with van der Waals surface area (Å²) in [4.78, 5) is 5.37. The molecule has 2 aromatic heterocycles. The lowest BCUT2D eigenvalue weighted by molar-refractivity contribution is 0.317. The van der Waals surface area contributed by atoms with Crippen LogP contribution in [0.4, 0.5) is 0 Å². The van der Waals surface area contributed by atoms with Crippen LogP contribution in [0.15, 0.2) is 24.3 Å². The Morgan fingerprint density at radius 3 is 2.65 bits per heavy atom. The summed E-state index contributed by atoms with van der Waals surface area (Å²) in [6.07, 6.45) is 2.92. The molecule has 3 rings (SSSR count). The molecule has 0 radical (unpaired) electrons. The molecule has 0 N–H and O–H groups in total. The number of aromatic nitrogens is 3. The average Bonchev–Trinajstić information content (AvgIpc) is 3.10. The molecule has 0 spiro atoms. The highest BCUT2D eigenvalue weighted by molar-refractivity contribution is 7.16. The Labute approximate surface area is 139 Å². The standard InChI is InChI=1S/C17H18N4OS/c1-3-5-15-20-21-14(11-18)16(19-17(21)23-15)12-6-8-13(9-7-12)22-10-4-2/h6-9H,3-5,10H2,1-2H3. The molecule has 23 heavy (non-hydrogen) atoms. The predicted molar refractivity (Wildman–Crippen MR) is 90.8 cm³/mol. The van der Waals surface area contributed by atoms with Gasteiger partial charge in [-0.2, -0.15) is 14.9 Å². The summed E-state index contributed by atoms with van der Waals surface area (Å²) < 4.78 is 7.25. The molecule has 0 fully saturated rings. The van der Waals surface area contributed by atoms with Gasteiger partial charge in [0, 0.05) is 12.0 Å². The smallest absolute Gasteiger partial charge is 0.214 e. The van der Waals surface area contributed by atoms with Crippen molar-refractivity contribution in [2.24, 2.45) is 0 Å². The lowest BCUT2D eigenvalue weighted by Gasteiger charge is -2.05. The van der Waals surface area contributed by atoms with Crippen molar-refractivity contribution in [3.63, 3.8) is 0 Å². The van der Waals surface area contributed by atoms with Gasteiger partial charge in [-0.05, 0) is 37.1 Å². The third kappa shape index (κ3) is 3.06. The summed E-state index contributed by atoms with van der Waals surface area (Å²) in [5.74, 6) is 0.832. The maximum atomic E-state index is 9.51. The number of ether oxygens (including phenoxy) is 1. The summed E-state index contributed by atoms with van der Waals surface area (Å²) in [6.45, 7) is 4.89. The average molecular weight is 326 g/mol. The molecule has 1 aromatic carbocycles. The van der Waals surface area contributed by atoms with Gasteiger partial charge in [-0.15, -0.1) is 0 Å². The summed E-state index contributed by atoms with van der Waals surface area (Å²) in [5.41, 5.74) is 2.07. The maximum absolute atomic E-state index is 9.51. The Hall–Kier alpha value is -2.39. The number of hydrogen-bond donors (Lipinski definition) is 0. The van der Waals surface area contributed by atoms with Gasteiger partial charge in [0.1, 0.15) is 22.5 Å². The highest BCUT2D eigenvalue weighted by Gasteiger charge is 2.17. The van der Waals surface area contributed by atoms with E-state index in [0.717, 1.165) is 40.5 Å². The van der Waals surface area contributed by atoms with Crippen LogP contribution in [-0.2, 0) is 6.42 Å². The minimum absolute atomic E-state index is 0.487. The Morgan fingerprint density at radius 2 is 2.00 bits per heavy atom. The summed E-state index contributed by atoms with van der Waals surface area (Å²) in [7, 11) is 0. The van der Waals surface area contributed by atoms with Crippen molar-refractivity contribution >= 4 is 16.3 Å². The Bertz CT molecular complexity index is 842. The van der Waals surface area contributed by atoms with E-state index in [1.54, 1.807) is 15.9 Å². The molecule has 0 unspecified atom stereocenters. The first-order valence-corrected chi connectivity index (χ1v) is 8.60. The molecular weight excluding hydrogens is 308 g/mol. The summed E-state index contributed by atoms with van der Waals surface area (Å²) >= 11 is 1.55. The van der Waals surface area contributed by atoms with Gasteiger partial charge in [0.15, 0.2) is 5.69 Å². The highest BCUT2D eigenvalue weighted by atomic mass is 32.1. The van der Waals surface area contributed by atoms with E-state index in [2.05, 4.69) is 30.0 Å². The van der Waals surface area contributed by atoms with Gasteiger partial charge in [0.25, 0.3) is 0 Å². The van der Waals surface area contributed by atoms with Crippen molar-refractivity contribution in [2.75, 3.05) is 6.61 Å². The molecule has 6 heteroatoms. The van der Waals surface area contributed by atoms with E-state index in [-0.39, 0.29) is 0 Å². The first-order valence-electron chi connectivity index (χ1n) is 7.78. The number of fused-ring (bicyclic) bond motifs is 1. The molecule has 0 aliphatic carbocycles. The fourth-order valence-electron chi connectivity index (χ4n) is 2.33. The minimum Gasteiger partial charge on any atom is -0.494 e. The molecule has 3 aromatic rings. The molecule has 0 saturated carbocycles. The number of rotatable bonds is 6. The van der Waals surface area contributed by atoms with Crippen molar-refractivity contribution in [1.29, 1.82) is 5.26 Å². The predicted octanol–water partition coefficient (Wildman–Crippen LogP) is 4.07. The Morgan fingerprint density at radius 1 is 1.22 bits per heavy atom. The highest BCUT2D eigenvalue weighted by Crippen LogP contribution is 2.28. The molecule has 0 saturated heterocycles. The van der Waals surface area contributed by atoms with Crippen LogP contribution in [0.2, 0.25) is 0 Å². The van der Waals surface area contributed by atoms with Crippen LogP contribution in [0.25, 0.3) is 16.2 Å². The molecular formula is C17H18N4OS. The minimum atomic E-state index is 0.487.